The van der Waals surface area contributed by atoms with Crippen molar-refractivity contribution in [2.75, 3.05) is 26.2 Å². The first kappa shape index (κ1) is 24.0. The Morgan fingerprint density at radius 2 is 2.06 bits per heavy atom. The summed E-state index contributed by atoms with van der Waals surface area (Å²) in [5.74, 6) is -0.470. The summed E-state index contributed by atoms with van der Waals surface area (Å²) >= 11 is 7.70. The summed E-state index contributed by atoms with van der Waals surface area (Å²) in [6.07, 6.45) is 2.33. The van der Waals surface area contributed by atoms with Crippen molar-refractivity contribution in [2.24, 2.45) is 0 Å². The lowest BCUT2D eigenvalue weighted by molar-refractivity contribution is -0.135. The van der Waals surface area contributed by atoms with E-state index < -0.39 is 0 Å². The van der Waals surface area contributed by atoms with Gasteiger partial charge in [-0.1, -0.05) is 29.8 Å². The molecular formula is C26H24ClFN2O3S. The highest BCUT2D eigenvalue weighted by Gasteiger charge is 2.33. The molecule has 0 bridgehead atoms. The zero-order chi connectivity index (χ0) is 24.1. The zero-order valence-corrected chi connectivity index (χ0v) is 20.0. The number of amides is 2. The van der Waals surface area contributed by atoms with Crippen LogP contribution in [0.3, 0.4) is 0 Å². The van der Waals surface area contributed by atoms with E-state index in [0.717, 1.165) is 12.0 Å². The molecule has 0 saturated heterocycles. The first-order valence-corrected chi connectivity index (χ1v) is 12.1. The third kappa shape index (κ3) is 5.48. The van der Waals surface area contributed by atoms with Crippen LogP contribution >= 0.6 is 22.9 Å². The second-order valence-electron chi connectivity index (χ2n) is 7.91. The number of ether oxygens (including phenoxy) is 1. The number of hydrogen-bond acceptors (Lipinski definition) is 4. The van der Waals surface area contributed by atoms with Crippen LogP contribution in [0.25, 0.3) is 0 Å². The standard InChI is InChI=1S/C26H24ClFN2O3S/c1-2-11-29(26(32)18-5-3-6-19(27)14-18)16-25(31)30-12-9-24-22(10-13-34-24)23(30)17-33-21-8-4-7-20(28)15-21/h2-8,10,13-15,23H,1,9,11-12,16-17H2/t23-/m1/s1. The molecule has 0 unspecified atom stereocenters. The van der Waals surface area contributed by atoms with Gasteiger partial charge >= 0.3 is 0 Å². The number of halogens is 2. The number of thiophene rings is 1. The van der Waals surface area contributed by atoms with E-state index in [2.05, 4.69) is 6.58 Å². The van der Waals surface area contributed by atoms with Gasteiger partial charge in [0.1, 0.15) is 24.7 Å². The summed E-state index contributed by atoms with van der Waals surface area (Å²) in [6, 6.07) is 14.2. The van der Waals surface area contributed by atoms with E-state index >= 15 is 0 Å². The van der Waals surface area contributed by atoms with Crippen LogP contribution in [0.1, 0.15) is 26.8 Å². The summed E-state index contributed by atoms with van der Waals surface area (Å²) in [4.78, 5) is 30.9. The number of rotatable bonds is 8. The van der Waals surface area contributed by atoms with E-state index in [1.807, 2.05) is 11.4 Å². The predicted octanol–water partition coefficient (Wildman–Crippen LogP) is 5.37. The fourth-order valence-corrected chi connectivity index (χ4v) is 5.16. The van der Waals surface area contributed by atoms with E-state index in [-0.39, 0.29) is 43.4 Å². The van der Waals surface area contributed by atoms with Crippen LogP contribution in [-0.4, -0.2) is 47.9 Å². The quantitative estimate of drug-likeness (QED) is 0.392. The molecule has 5 nitrogen and oxygen atoms in total. The SMILES string of the molecule is C=CCN(CC(=O)N1CCc2sccc2[C@H]1COc1cccc(F)c1)C(=O)c1cccc(Cl)c1. The Kier molecular flexibility index (Phi) is 7.65. The third-order valence-electron chi connectivity index (χ3n) is 5.65. The Morgan fingerprint density at radius 1 is 1.24 bits per heavy atom. The van der Waals surface area contributed by atoms with Gasteiger partial charge in [0.15, 0.2) is 0 Å². The molecule has 1 atom stereocenters. The highest BCUT2D eigenvalue weighted by atomic mass is 35.5. The fraction of sp³-hybridized carbons (Fsp3) is 0.231. The molecule has 0 aliphatic carbocycles. The fourth-order valence-electron chi connectivity index (χ4n) is 4.04. The largest absolute Gasteiger partial charge is 0.491 e. The summed E-state index contributed by atoms with van der Waals surface area (Å²) < 4.78 is 19.5. The minimum Gasteiger partial charge on any atom is -0.491 e. The molecule has 1 aliphatic rings. The zero-order valence-electron chi connectivity index (χ0n) is 18.5. The monoisotopic (exact) mass is 498 g/mol. The number of fused-ring (bicyclic) bond motifs is 1. The van der Waals surface area contributed by atoms with E-state index in [1.165, 1.54) is 21.9 Å². The minimum absolute atomic E-state index is 0.104. The lowest BCUT2D eigenvalue weighted by Crippen LogP contribution is -2.47. The highest BCUT2D eigenvalue weighted by molar-refractivity contribution is 7.10. The molecule has 4 rings (SSSR count). The topological polar surface area (TPSA) is 49.9 Å². The number of carbonyl (C=O) groups is 2. The van der Waals surface area contributed by atoms with Crippen LogP contribution in [0.5, 0.6) is 5.75 Å². The smallest absolute Gasteiger partial charge is 0.254 e. The van der Waals surface area contributed by atoms with E-state index in [0.29, 0.717) is 22.9 Å². The van der Waals surface area contributed by atoms with Gasteiger partial charge in [-0.25, -0.2) is 4.39 Å². The summed E-state index contributed by atoms with van der Waals surface area (Å²) in [6.45, 7) is 4.54. The molecule has 0 radical (unpaired) electrons. The van der Waals surface area contributed by atoms with E-state index in [9.17, 15) is 14.0 Å². The van der Waals surface area contributed by atoms with Gasteiger partial charge in [-0.15, -0.1) is 17.9 Å². The lowest BCUT2D eigenvalue weighted by Gasteiger charge is -2.37. The van der Waals surface area contributed by atoms with Gasteiger partial charge < -0.3 is 14.5 Å². The number of benzene rings is 2. The summed E-state index contributed by atoms with van der Waals surface area (Å²) in [5, 5.41) is 2.45. The molecule has 2 heterocycles. The van der Waals surface area contributed by atoms with Gasteiger partial charge in [0.2, 0.25) is 5.91 Å². The first-order valence-electron chi connectivity index (χ1n) is 10.9. The van der Waals surface area contributed by atoms with E-state index in [1.54, 1.807) is 58.7 Å². The second kappa shape index (κ2) is 10.8. The highest BCUT2D eigenvalue weighted by Crippen LogP contribution is 2.34. The second-order valence-corrected chi connectivity index (χ2v) is 9.34. The number of carbonyl (C=O) groups excluding carboxylic acids is 2. The minimum atomic E-state index is -0.384. The first-order chi connectivity index (χ1) is 16.5. The van der Waals surface area contributed by atoms with Crippen molar-refractivity contribution in [1.82, 2.24) is 9.80 Å². The van der Waals surface area contributed by atoms with Crippen LogP contribution in [-0.2, 0) is 11.2 Å². The summed E-state index contributed by atoms with van der Waals surface area (Å²) in [5.41, 5.74) is 1.43. The molecule has 0 saturated carbocycles. The van der Waals surface area contributed by atoms with Gasteiger partial charge in [0.25, 0.3) is 5.91 Å². The van der Waals surface area contributed by atoms with Crippen LogP contribution < -0.4 is 4.74 Å². The van der Waals surface area contributed by atoms with Crippen molar-refractivity contribution < 1.29 is 18.7 Å². The van der Waals surface area contributed by atoms with Crippen molar-refractivity contribution in [3.8, 4) is 5.75 Å². The number of nitrogens with zero attached hydrogens (tertiary/aromatic N) is 2. The van der Waals surface area contributed by atoms with E-state index in [4.69, 9.17) is 16.3 Å². The Bertz CT molecular complexity index is 1200. The molecule has 1 aromatic heterocycles. The van der Waals surface area contributed by atoms with Crippen molar-refractivity contribution in [2.45, 2.75) is 12.5 Å². The third-order valence-corrected chi connectivity index (χ3v) is 6.89. The molecule has 2 aromatic carbocycles. The average molecular weight is 499 g/mol. The normalized spacial score (nSPS) is 14.9. The van der Waals surface area contributed by atoms with Crippen LogP contribution in [0, 0.1) is 5.82 Å². The Labute approximate surface area is 207 Å². The molecule has 1 aliphatic heterocycles. The maximum Gasteiger partial charge on any atom is 0.254 e. The van der Waals surface area contributed by atoms with Crippen molar-refractivity contribution in [3.63, 3.8) is 0 Å². The number of hydrogen-bond donors (Lipinski definition) is 0. The van der Waals surface area contributed by atoms with Crippen LogP contribution in [0.15, 0.2) is 72.6 Å². The van der Waals surface area contributed by atoms with Gasteiger partial charge in [0, 0.05) is 34.6 Å². The van der Waals surface area contributed by atoms with Crippen molar-refractivity contribution in [3.05, 3.63) is 99.5 Å². The van der Waals surface area contributed by atoms with Crippen molar-refractivity contribution in [1.29, 1.82) is 0 Å². The maximum absolute atomic E-state index is 13.6. The molecule has 8 heteroatoms. The average Bonchev–Trinajstić information content (AvgIpc) is 3.31. The molecule has 0 N–H and O–H groups in total. The molecule has 176 valence electrons. The van der Waals surface area contributed by atoms with Gasteiger partial charge in [-0.3, -0.25) is 9.59 Å². The predicted molar refractivity (Wildman–Crippen MR) is 132 cm³/mol. The van der Waals surface area contributed by atoms with Gasteiger partial charge in [-0.2, -0.15) is 0 Å². The molecule has 0 spiro atoms. The molecule has 3 aromatic rings. The molecule has 2 amide bonds. The van der Waals surface area contributed by atoms with Crippen molar-refractivity contribution >= 4 is 34.8 Å². The maximum atomic E-state index is 13.6. The van der Waals surface area contributed by atoms with Crippen LogP contribution in [0.2, 0.25) is 5.02 Å². The lowest BCUT2D eigenvalue weighted by atomic mass is 10.0. The Morgan fingerprint density at radius 3 is 2.82 bits per heavy atom. The Balaban J connectivity index is 1.53. The molecular weight excluding hydrogens is 475 g/mol. The van der Waals surface area contributed by atoms with Gasteiger partial charge in [0.05, 0.1) is 6.04 Å². The van der Waals surface area contributed by atoms with Gasteiger partial charge in [-0.05, 0) is 53.8 Å². The molecule has 34 heavy (non-hydrogen) atoms. The van der Waals surface area contributed by atoms with Crippen LogP contribution in [0.4, 0.5) is 4.39 Å². The Hall–Kier alpha value is -3.16. The molecule has 0 fully saturated rings. The summed E-state index contributed by atoms with van der Waals surface area (Å²) in [7, 11) is 0.